The maximum Gasteiger partial charge on any atom is 0.331 e. The highest BCUT2D eigenvalue weighted by atomic mass is 32.7. The molecule has 0 heterocycles. The standard InChI is InChI=1S/C18H24NO2PS/c1-3-15-21-22(20,23-17-13-9-6-10-14-17)19-18(4-2)16-11-7-5-8-12-16/h5-14,18H,3-4,15H2,1-2H3,(H,19,20). The van der Waals surface area contributed by atoms with Crippen molar-refractivity contribution in [2.75, 3.05) is 6.61 Å². The fraction of sp³-hybridized carbons (Fsp3) is 0.333. The molecule has 0 bridgehead atoms. The molecule has 0 aliphatic carbocycles. The van der Waals surface area contributed by atoms with E-state index in [9.17, 15) is 4.57 Å². The molecule has 0 saturated carbocycles. The van der Waals surface area contributed by atoms with Crippen molar-refractivity contribution < 1.29 is 9.09 Å². The van der Waals surface area contributed by atoms with Crippen molar-refractivity contribution in [3.63, 3.8) is 0 Å². The highest BCUT2D eigenvalue weighted by Crippen LogP contribution is 2.60. The summed E-state index contributed by atoms with van der Waals surface area (Å²) in [6.45, 7) is 1.56. The number of rotatable bonds is 9. The van der Waals surface area contributed by atoms with Crippen LogP contribution >= 0.6 is 18.1 Å². The van der Waals surface area contributed by atoms with Gasteiger partial charge in [-0.2, -0.15) is 0 Å². The van der Waals surface area contributed by atoms with Crippen LogP contribution < -0.4 is 5.09 Å². The molecule has 0 aromatic heterocycles. The summed E-state index contributed by atoms with van der Waals surface area (Å²) in [6.07, 6.45) is 1.68. The average molecular weight is 349 g/mol. The van der Waals surface area contributed by atoms with Crippen LogP contribution in [0, 0.1) is 0 Å². The van der Waals surface area contributed by atoms with E-state index in [1.807, 2.05) is 55.5 Å². The van der Waals surface area contributed by atoms with Crippen LogP contribution in [-0.2, 0) is 9.09 Å². The van der Waals surface area contributed by atoms with Gasteiger partial charge in [-0.1, -0.05) is 62.4 Å². The van der Waals surface area contributed by atoms with E-state index >= 15 is 0 Å². The first-order chi connectivity index (χ1) is 11.2. The smallest absolute Gasteiger partial charge is 0.310 e. The van der Waals surface area contributed by atoms with Gasteiger partial charge in [0.1, 0.15) is 0 Å². The monoisotopic (exact) mass is 349 g/mol. The molecule has 2 atom stereocenters. The highest BCUT2D eigenvalue weighted by Gasteiger charge is 2.28. The molecule has 5 heteroatoms. The summed E-state index contributed by atoms with van der Waals surface area (Å²) in [5.41, 5.74) is 1.13. The minimum atomic E-state index is -3.03. The summed E-state index contributed by atoms with van der Waals surface area (Å²) in [5.74, 6) is 0. The van der Waals surface area contributed by atoms with E-state index < -0.39 is 6.72 Å². The number of hydrogen-bond donors (Lipinski definition) is 1. The highest BCUT2D eigenvalue weighted by molar-refractivity contribution is 8.56. The Morgan fingerprint density at radius 3 is 2.22 bits per heavy atom. The summed E-state index contributed by atoms with van der Waals surface area (Å²) in [4.78, 5) is 0.947. The van der Waals surface area contributed by atoms with E-state index in [1.54, 1.807) is 0 Å². The molecule has 1 N–H and O–H groups in total. The SMILES string of the molecule is CCCOP(=O)(NC(CC)c1ccccc1)Sc1ccccc1. The molecule has 0 fully saturated rings. The summed E-state index contributed by atoms with van der Waals surface area (Å²) < 4.78 is 19.1. The Morgan fingerprint density at radius 1 is 1.04 bits per heavy atom. The predicted octanol–water partition coefficient (Wildman–Crippen LogP) is 6.05. The van der Waals surface area contributed by atoms with Gasteiger partial charge in [-0.05, 0) is 41.9 Å². The second kappa shape index (κ2) is 9.29. The second-order valence-electron chi connectivity index (χ2n) is 5.24. The largest absolute Gasteiger partial charge is 0.331 e. The number of benzene rings is 2. The van der Waals surface area contributed by atoms with Gasteiger partial charge in [0, 0.05) is 10.9 Å². The molecule has 0 amide bonds. The third-order valence-electron chi connectivity index (χ3n) is 3.36. The lowest BCUT2D eigenvalue weighted by Crippen LogP contribution is -2.18. The Balaban J connectivity index is 2.18. The lowest BCUT2D eigenvalue weighted by Gasteiger charge is -2.25. The van der Waals surface area contributed by atoms with Crippen LogP contribution in [0.15, 0.2) is 65.6 Å². The van der Waals surface area contributed by atoms with Crippen LogP contribution in [0.1, 0.15) is 38.3 Å². The average Bonchev–Trinajstić information content (AvgIpc) is 2.60. The van der Waals surface area contributed by atoms with Crippen LogP contribution in [0.3, 0.4) is 0 Å². The van der Waals surface area contributed by atoms with Crippen molar-refractivity contribution >= 4 is 18.1 Å². The van der Waals surface area contributed by atoms with Crippen LogP contribution in [0.2, 0.25) is 0 Å². The molecule has 2 aromatic rings. The molecular weight excluding hydrogens is 325 g/mol. The summed E-state index contributed by atoms with van der Waals surface area (Å²) in [6, 6.07) is 19.9. The van der Waals surface area contributed by atoms with Gasteiger partial charge >= 0.3 is 6.72 Å². The van der Waals surface area contributed by atoms with Crippen molar-refractivity contribution in [2.45, 2.75) is 37.6 Å². The van der Waals surface area contributed by atoms with Crippen molar-refractivity contribution in [3.8, 4) is 0 Å². The number of nitrogens with one attached hydrogen (secondary N) is 1. The maximum atomic E-state index is 13.3. The van der Waals surface area contributed by atoms with Crippen molar-refractivity contribution in [2.24, 2.45) is 0 Å². The molecule has 3 nitrogen and oxygen atoms in total. The van der Waals surface area contributed by atoms with E-state index in [0.29, 0.717) is 6.61 Å². The van der Waals surface area contributed by atoms with Gasteiger partial charge in [0.05, 0.1) is 6.61 Å². The predicted molar refractivity (Wildman–Crippen MR) is 98.8 cm³/mol. The second-order valence-corrected chi connectivity index (χ2v) is 9.39. The summed E-state index contributed by atoms with van der Waals surface area (Å²) in [7, 11) is 0. The third-order valence-corrected chi connectivity index (χ3v) is 7.22. The van der Waals surface area contributed by atoms with Crippen LogP contribution in [0.25, 0.3) is 0 Å². The fourth-order valence-electron chi connectivity index (χ4n) is 2.20. The first-order valence-electron chi connectivity index (χ1n) is 7.99. The Morgan fingerprint density at radius 2 is 1.65 bits per heavy atom. The minimum absolute atomic E-state index is 0.00935. The molecule has 0 saturated heterocycles. The van der Waals surface area contributed by atoms with E-state index in [4.69, 9.17) is 4.52 Å². The molecule has 124 valence electrons. The van der Waals surface area contributed by atoms with E-state index in [-0.39, 0.29) is 6.04 Å². The zero-order chi connectivity index (χ0) is 16.5. The van der Waals surface area contributed by atoms with Crippen molar-refractivity contribution in [1.29, 1.82) is 0 Å². The zero-order valence-corrected chi connectivity index (χ0v) is 15.4. The molecular formula is C18H24NO2PS. The van der Waals surface area contributed by atoms with Crippen LogP contribution in [0.4, 0.5) is 0 Å². The van der Waals surface area contributed by atoms with Crippen molar-refractivity contribution in [3.05, 3.63) is 66.2 Å². The lowest BCUT2D eigenvalue weighted by atomic mass is 10.1. The van der Waals surface area contributed by atoms with Crippen molar-refractivity contribution in [1.82, 2.24) is 5.09 Å². The van der Waals surface area contributed by atoms with Gasteiger partial charge in [0.15, 0.2) is 0 Å². The van der Waals surface area contributed by atoms with Gasteiger partial charge in [0.25, 0.3) is 0 Å². The molecule has 2 unspecified atom stereocenters. The minimum Gasteiger partial charge on any atom is -0.310 e. The molecule has 0 aliphatic rings. The van der Waals surface area contributed by atoms with Crippen LogP contribution in [0.5, 0.6) is 0 Å². The van der Waals surface area contributed by atoms with E-state index in [1.165, 1.54) is 11.4 Å². The molecule has 0 radical (unpaired) electrons. The van der Waals surface area contributed by atoms with Gasteiger partial charge < -0.3 is 4.52 Å². The quantitative estimate of drug-likeness (QED) is 0.559. The normalized spacial score (nSPS) is 15.0. The summed E-state index contributed by atoms with van der Waals surface area (Å²) in [5, 5.41) is 3.28. The number of hydrogen-bond acceptors (Lipinski definition) is 3. The van der Waals surface area contributed by atoms with Crippen LogP contribution in [-0.4, -0.2) is 6.61 Å². The molecule has 0 aliphatic heterocycles. The van der Waals surface area contributed by atoms with Gasteiger partial charge in [-0.25, -0.2) is 5.09 Å². The summed E-state index contributed by atoms with van der Waals surface area (Å²) >= 11 is 1.29. The van der Waals surface area contributed by atoms with Gasteiger partial charge in [-0.15, -0.1) is 0 Å². The molecule has 0 spiro atoms. The Labute approximate surface area is 143 Å². The molecule has 23 heavy (non-hydrogen) atoms. The first-order valence-corrected chi connectivity index (χ1v) is 11.0. The van der Waals surface area contributed by atoms with E-state index in [0.717, 1.165) is 23.3 Å². The Bertz CT molecular complexity index is 621. The van der Waals surface area contributed by atoms with E-state index in [2.05, 4.69) is 24.1 Å². The van der Waals surface area contributed by atoms with Gasteiger partial charge in [-0.3, -0.25) is 4.57 Å². The Hall–Kier alpha value is -1.06. The maximum absolute atomic E-state index is 13.3. The third kappa shape index (κ3) is 5.82. The molecule has 2 rings (SSSR count). The first kappa shape index (κ1) is 18.3. The van der Waals surface area contributed by atoms with Gasteiger partial charge in [0.2, 0.25) is 0 Å². The Kier molecular flexibility index (Phi) is 7.38. The fourth-order valence-corrected chi connectivity index (χ4v) is 6.19. The lowest BCUT2D eigenvalue weighted by molar-refractivity contribution is 0.313. The topological polar surface area (TPSA) is 38.3 Å². The molecule has 2 aromatic carbocycles. The zero-order valence-electron chi connectivity index (χ0n) is 13.6.